The molecule has 2 heterocycles. The molecular formula is C11H12N2OS. The summed E-state index contributed by atoms with van der Waals surface area (Å²) in [5, 5.41) is 9.90. The molecular weight excluding hydrogens is 208 g/mol. The molecule has 4 heteroatoms. The van der Waals surface area contributed by atoms with Gasteiger partial charge in [-0.05, 0) is 26.0 Å². The highest BCUT2D eigenvalue weighted by Crippen LogP contribution is 2.25. The van der Waals surface area contributed by atoms with Crippen LogP contribution < -0.4 is 0 Å². The topological polar surface area (TPSA) is 46.0 Å². The van der Waals surface area contributed by atoms with E-state index in [0.717, 1.165) is 26.8 Å². The van der Waals surface area contributed by atoms with Crippen molar-refractivity contribution in [3.05, 3.63) is 34.6 Å². The van der Waals surface area contributed by atoms with Crippen LogP contribution in [0.1, 0.15) is 16.3 Å². The number of hydrogen-bond donors (Lipinski definition) is 1. The predicted molar refractivity (Wildman–Crippen MR) is 60.7 cm³/mol. The van der Waals surface area contributed by atoms with Gasteiger partial charge in [0.05, 0.1) is 11.5 Å². The number of aliphatic hydroxyl groups excluding tert-OH is 1. The Morgan fingerprint density at radius 1 is 1.27 bits per heavy atom. The molecule has 0 saturated heterocycles. The molecule has 0 amide bonds. The SMILES string of the molecule is Cc1cc(-c2ncc(CO)s2)cc(C)n1. The van der Waals surface area contributed by atoms with Gasteiger partial charge in [0.25, 0.3) is 0 Å². The van der Waals surface area contributed by atoms with Crippen LogP contribution in [-0.4, -0.2) is 15.1 Å². The smallest absolute Gasteiger partial charge is 0.123 e. The van der Waals surface area contributed by atoms with E-state index in [9.17, 15) is 0 Å². The fourth-order valence-electron chi connectivity index (χ4n) is 1.47. The molecule has 3 nitrogen and oxygen atoms in total. The molecule has 0 spiro atoms. The first kappa shape index (κ1) is 10.3. The van der Waals surface area contributed by atoms with E-state index in [1.165, 1.54) is 11.3 Å². The summed E-state index contributed by atoms with van der Waals surface area (Å²) in [6, 6.07) is 4.01. The van der Waals surface area contributed by atoms with Crippen LogP contribution in [0.2, 0.25) is 0 Å². The van der Waals surface area contributed by atoms with E-state index in [1.54, 1.807) is 6.20 Å². The number of aryl methyl sites for hydroxylation is 2. The van der Waals surface area contributed by atoms with Gasteiger partial charge in [0.1, 0.15) is 5.01 Å². The van der Waals surface area contributed by atoms with Crippen LogP contribution in [-0.2, 0) is 6.61 Å². The summed E-state index contributed by atoms with van der Waals surface area (Å²) in [5.41, 5.74) is 3.06. The van der Waals surface area contributed by atoms with Crippen molar-refractivity contribution >= 4 is 11.3 Å². The second-order valence-corrected chi connectivity index (χ2v) is 4.54. The maximum Gasteiger partial charge on any atom is 0.123 e. The van der Waals surface area contributed by atoms with E-state index < -0.39 is 0 Å². The third kappa shape index (κ3) is 2.22. The van der Waals surface area contributed by atoms with Gasteiger partial charge in [-0.25, -0.2) is 4.98 Å². The van der Waals surface area contributed by atoms with Crippen molar-refractivity contribution in [2.24, 2.45) is 0 Å². The largest absolute Gasteiger partial charge is 0.391 e. The van der Waals surface area contributed by atoms with E-state index in [1.807, 2.05) is 26.0 Å². The van der Waals surface area contributed by atoms with Crippen molar-refractivity contribution in [2.75, 3.05) is 0 Å². The lowest BCUT2D eigenvalue weighted by Gasteiger charge is -2.00. The minimum Gasteiger partial charge on any atom is -0.391 e. The van der Waals surface area contributed by atoms with Gasteiger partial charge >= 0.3 is 0 Å². The third-order valence-corrected chi connectivity index (χ3v) is 3.07. The van der Waals surface area contributed by atoms with Crippen LogP contribution in [0.4, 0.5) is 0 Å². The van der Waals surface area contributed by atoms with Gasteiger partial charge in [-0.2, -0.15) is 0 Å². The first-order chi connectivity index (χ1) is 7.19. The second-order valence-electron chi connectivity index (χ2n) is 3.43. The van der Waals surface area contributed by atoms with Crippen molar-refractivity contribution in [2.45, 2.75) is 20.5 Å². The molecule has 0 aliphatic carbocycles. The molecule has 0 aromatic carbocycles. The quantitative estimate of drug-likeness (QED) is 0.844. The fourth-order valence-corrected chi connectivity index (χ4v) is 2.23. The molecule has 2 aromatic heterocycles. The number of hydrogen-bond acceptors (Lipinski definition) is 4. The average Bonchev–Trinajstić information content (AvgIpc) is 2.64. The van der Waals surface area contributed by atoms with Crippen LogP contribution in [0.15, 0.2) is 18.3 Å². The van der Waals surface area contributed by atoms with Crippen LogP contribution >= 0.6 is 11.3 Å². The maximum absolute atomic E-state index is 8.97. The molecule has 0 unspecified atom stereocenters. The van der Waals surface area contributed by atoms with Gasteiger partial charge < -0.3 is 5.11 Å². The molecule has 0 aliphatic heterocycles. The van der Waals surface area contributed by atoms with E-state index in [0.29, 0.717) is 0 Å². The molecule has 1 N–H and O–H groups in total. The molecule has 0 fully saturated rings. The van der Waals surface area contributed by atoms with E-state index >= 15 is 0 Å². The summed E-state index contributed by atoms with van der Waals surface area (Å²) >= 11 is 1.51. The Labute approximate surface area is 92.5 Å². The van der Waals surface area contributed by atoms with Crippen molar-refractivity contribution in [3.8, 4) is 10.6 Å². The molecule has 2 rings (SSSR count). The molecule has 0 atom stereocenters. The van der Waals surface area contributed by atoms with E-state index in [-0.39, 0.29) is 6.61 Å². The summed E-state index contributed by atoms with van der Waals surface area (Å²) < 4.78 is 0. The second kappa shape index (κ2) is 4.08. The van der Waals surface area contributed by atoms with Gasteiger partial charge in [-0.1, -0.05) is 0 Å². The molecule has 15 heavy (non-hydrogen) atoms. The lowest BCUT2D eigenvalue weighted by molar-refractivity contribution is 0.285. The number of aliphatic hydroxyl groups is 1. The summed E-state index contributed by atoms with van der Waals surface area (Å²) in [7, 11) is 0. The molecule has 2 aromatic rings. The van der Waals surface area contributed by atoms with Gasteiger partial charge in [-0.15, -0.1) is 11.3 Å². The summed E-state index contributed by atoms with van der Waals surface area (Å²) in [5.74, 6) is 0. The van der Waals surface area contributed by atoms with E-state index in [2.05, 4.69) is 9.97 Å². The summed E-state index contributed by atoms with van der Waals surface area (Å²) in [6.07, 6.45) is 1.71. The zero-order chi connectivity index (χ0) is 10.8. The van der Waals surface area contributed by atoms with Gasteiger partial charge in [-0.3, -0.25) is 4.98 Å². The molecule has 0 bridgehead atoms. The van der Waals surface area contributed by atoms with Crippen LogP contribution in [0.25, 0.3) is 10.6 Å². The number of aromatic nitrogens is 2. The van der Waals surface area contributed by atoms with Gasteiger partial charge in [0, 0.05) is 23.1 Å². The Morgan fingerprint density at radius 2 is 1.93 bits per heavy atom. The van der Waals surface area contributed by atoms with Crippen LogP contribution in [0.3, 0.4) is 0 Å². The van der Waals surface area contributed by atoms with Gasteiger partial charge in [0.15, 0.2) is 0 Å². The Morgan fingerprint density at radius 3 is 2.47 bits per heavy atom. The Kier molecular flexibility index (Phi) is 2.79. The Bertz CT molecular complexity index is 459. The average molecular weight is 220 g/mol. The number of nitrogens with zero attached hydrogens (tertiary/aromatic N) is 2. The normalized spacial score (nSPS) is 10.6. The minimum atomic E-state index is 0.0563. The van der Waals surface area contributed by atoms with Crippen molar-refractivity contribution < 1.29 is 5.11 Å². The van der Waals surface area contributed by atoms with Crippen molar-refractivity contribution in [1.82, 2.24) is 9.97 Å². The standard InChI is InChI=1S/C11H12N2OS/c1-7-3-9(4-8(2)13-7)11-12-5-10(6-14)15-11/h3-5,14H,6H2,1-2H3. The highest BCUT2D eigenvalue weighted by atomic mass is 32.1. The predicted octanol–water partition coefficient (Wildman–Crippen LogP) is 2.31. The number of pyridine rings is 1. The Hall–Kier alpha value is -1.26. The van der Waals surface area contributed by atoms with Crippen LogP contribution in [0, 0.1) is 13.8 Å². The van der Waals surface area contributed by atoms with Crippen molar-refractivity contribution in [3.63, 3.8) is 0 Å². The first-order valence-corrected chi connectivity index (χ1v) is 5.52. The third-order valence-electron chi connectivity index (χ3n) is 2.04. The lowest BCUT2D eigenvalue weighted by Crippen LogP contribution is -1.87. The zero-order valence-corrected chi connectivity index (χ0v) is 9.51. The molecule has 0 saturated carbocycles. The monoisotopic (exact) mass is 220 g/mol. The molecule has 0 radical (unpaired) electrons. The van der Waals surface area contributed by atoms with Crippen LogP contribution in [0.5, 0.6) is 0 Å². The van der Waals surface area contributed by atoms with Crippen molar-refractivity contribution in [1.29, 1.82) is 0 Å². The maximum atomic E-state index is 8.97. The summed E-state index contributed by atoms with van der Waals surface area (Å²) in [6.45, 7) is 3.99. The lowest BCUT2D eigenvalue weighted by atomic mass is 10.2. The number of thiazole rings is 1. The highest BCUT2D eigenvalue weighted by Gasteiger charge is 2.05. The number of rotatable bonds is 2. The van der Waals surface area contributed by atoms with E-state index in [4.69, 9.17) is 5.11 Å². The highest BCUT2D eigenvalue weighted by molar-refractivity contribution is 7.15. The van der Waals surface area contributed by atoms with Gasteiger partial charge in [0.2, 0.25) is 0 Å². The fraction of sp³-hybridized carbons (Fsp3) is 0.273. The zero-order valence-electron chi connectivity index (χ0n) is 8.69. The first-order valence-electron chi connectivity index (χ1n) is 4.70. The molecule has 78 valence electrons. The minimum absolute atomic E-state index is 0.0563. The molecule has 0 aliphatic rings. The summed E-state index contributed by atoms with van der Waals surface area (Å²) in [4.78, 5) is 9.47. The Balaban J connectivity index is 2.44.